The van der Waals surface area contributed by atoms with E-state index in [2.05, 4.69) is 0 Å². The summed E-state index contributed by atoms with van der Waals surface area (Å²) in [6.45, 7) is -0.0571. The Bertz CT molecular complexity index is 1200. The number of hydrogen-bond donors (Lipinski definition) is 3. The first kappa shape index (κ1) is 25.0. The highest BCUT2D eigenvalue weighted by Gasteiger charge is 2.37. The van der Waals surface area contributed by atoms with E-state index in [0.717, 1.165) is 16.7 Å². The summed E-state index contributed by atoms with van der Waals surface area (Å²) in [7, 11) is 0. The zero-order valence-electron chi connectivity index (χ0n) is 19.5. The van der Waals surface area contributed by atoms with Gasteiger partial charge in [-0.05, 0) is 53.4 Å². The molecule has 1 unspecified atom stereocenters. The molecule has 0 amide bonds. The molecule has 0 bridgehead atoms. The number of halogens is 2. The van der Waals surface area contributed by atoms with Crippen molar-refractivity contribution in [2.24, 2.45) is 0 Å². The molecule has 190 valence electrons. The number of aliphatic hydroxyl groups is 3. The van der Waals surface area contributed by atoms with Gasteiger partial charge in [-0.3, -0.25) is 0 Å². The molecule has 0 spiro atoms. The maximum atomic E-state index is 13.9. The van der Waals surface area contributed by atoms with E-state index in [1.807, 2.05) is 36.4 Å². The molecule has 2 aliphatic rings. The van der Waals surface area contributed by atoms with Gasteiger partial charge < -0.3 is 29.5 Å². The molecule has 3 aromatic rings. The van der Waals surface area contributed by atoms with E-state index in [1.165, 1.54) is 6.07 Å². The number of benzene rings is 3. The zero-order chi connectivity index (χ0) is 25.2. The van der Waals surface area contributed by atoms with Crippen LogP contribution in [0.4, 0.5) is 4.39 Å². The van der Waals surface area contributed by atoms with Crippen LogP contribution in [0.3, 0.4) is 0 Å². The lowest BCUT2D eigenvalue weighted by Crippen LogP contribution is -2.47. The average Bonchev–Trinajstić information content (AvgIpc) is 3.31. The van der Waals surface area contributed by atoms with Crippen LogP contribution in [0.2, 0.25) is 5.02 Å². The summed E-state index contributed by atoms with van der Waals surface area (Å²) in [5.74, 6) is 1.02. The van der Waals surface area contributed by atoms with Gasteiger partial charge in [0.2, 0.25) is 0 Å². The minimum atomic E-state index is -1.12. The van der Waals surface area contributed by atoms with E-state index in [0.29, 0.717) is 41.5 Å². The minimum absolute atomic E-state index is 0.229. The van der Waals surface area contributed by atoms with E-state index in [9.17, 15) is 19.7 Å². The van der Waals surface area contributed by atoms with Gasteiger partial charge in [-0.15, -0.1) is 0 Å². The number of aliphatic hydroxyl groups excluding tert-OH is 3. The molecule has 5 atom stereocenters. The molecule has 3 aromatic carbocycles. The lowest BCUT2D eigenvalue weighted by molar-refractivity contribution is -0.181. The Morgan fingerprint density at radius 2 is 1.86 bits per heavy atom. The highest BCUT2D eigenvalue weighted by atomic mass is 35.5. The summed E-state index contributed by atoms with van der Waals surface area (Å²) in [6.07, 6.45) is -2.33. The molecule has 2 aliphatic heterocycles. The van der Waals surface area contributed by atoms with E-state index >= 15 is 0 Å². The van der Waals surface area contributed by atoms with E-state index in [4.69, 9.17) is 25.8 Å². The quantitative estimate of drug-likeness (QED) is 0.442. The van der Waals surface area contributed by atoms with Crippen LogP contribution in [0.1, 0.15) is 34.8 Å². The number of rotatable bonds is 7. The van der Waals surface area contributed by atoms with Crippen LogP contribution >= 0.6 is 11.6 Å². The summed E-state index contributed by atoms with van der Waals surface area (Å²) >= 11 is 6.46. The third-order valence-electron chi connectivity index (χ3n) is 6.75. The van der Waals surface area contributed by atoms with Crippen molar-refractivity contribution in [2.45, 2.75) is 49.8 Å². The third kappa shape index (κ3) is 5.36. The standard InChI is InChI=1S/C28H28ClFO6/c29-22-9-6-17(26-13-24(32)28(33)27(14-31)36-26)11-18(22)10-16-4-7-19(8-5-16)34-15-20-12-21-23(30)2-1-3-25(21)35-20/h1-9,11,20,24,26-28,31-33H,10,12-15H2/t20?,24-,26-,27-,28+/m1/s1. The Labute approximate surface area is 213 Å². The molecule has 0 radical (unpaired) electrons. The lowest BCUT2D eigenvalue weighted by Gasteiger charge is -2.36. The Kier molecular flexibility index (Phi) is 7.46. The van der Waals surface area contributed by atoms with Crippen molar-refractivity contribution in [3.8, 4) is 11.5 Å². The second kappa shape index (κ2) is 10.7. The molecular weight excluding hydrogens is 487 g/mol. The smallest absolute Gasteiger partial charge is 0.137 e. The summed E-state index contributed by atoms with van der Waals surface area (Å²) in [5, 5.41) is 30.2. The summed E-state index contributed by atoms with van der Waals surface area (Å²) in [4.78, 5) is 0. The second-order valence-corrected chi connectivity index (χ2v) is 9.69. The van der Waals surface area contributed by atoms with Gasteiger partial charge in [0, 0.05) is 23.4 Å². The summed E-state index contributed by atoms with van der Waals surface area (Å²) in [5.41, 5.74) is 3.34. The van der Waals surface area contributed by atoms with Crippen LogP contribution in [0.25, 0.3) is 0 Å². The topological polar surface area (TPSA) is 88.4 Å². The van der Waals surface area contributed by atoms with Crippen LogP contribution in [0, 0.1) is 5.82 Å². The number of ether oxygens (including phenoxy) is 3. The van der Waals surface area contributed by atoms with E-state index in [-0.39, 0.29) is 24.9 Å². The normalized spacial score (nSPS) is 25.3. The van der Waals surface area contributed by atoms with Gasteiger partial charge in [0.15, 0.2) is 0 Å². The maximum absolute atomic E-state index is 13.9. The fourth-order valence-corrected chi connectivity index (χ4v) is 4.94. The highest BCUT2D eigenvalue weighted by Crippen LogP contribution is 2.34. The molecule has 0 saturated carbocycles. The molecule has 36 heavy (non-hydrogen) atoms. The van der Waals surface area contributed by atoms with Crippen LogP contribution in [0.15, 0.2) is 60.7 Å². The van der Waals surface area contributed by atoms with Gasteiger partial charge in [0.05, 0.1) is 18.8 Å². The largest absolute Gasteiger partial charge is 0.490 e. The SMILES string of the molecule is OC[C@H]1O[C@@H](c2ccc(Cl)c(Cc3ccc(OCC4Cc5c(F)cccc5O4)cc3)c2)C[C@@H](O)[C@@H]1O. The van der Waals surface area contributed by atoms with Gasteiger partial charge in [0.1, 0.15) is 42.2 Å². The predicted molar refractivity (Wildman–Crippen MR) is 132 cm³/mol. The second-order valence-electron chi connectivity index (χ2n) is 9.28. The molecular formula is C28H28ClFO6. The minimum Gasteiger partial charge on any atom is -0.490 e. The predicted octanol–water partition coefficient (Wildman–Crippen LogP) is 4.00. The first-order valence-corrected chi connectivity index (χ1v) is 12.4. The first-order chi connectivity index (χ1) is 17.4. The third-order valence-corrected chi connectivity index (χ3v) is 7.12. The molecule has 0 aliphatic carbocycles. The van der Waals surface area contributed by atoms with Gasteiger partial charge in [-0.25, -0.2) is 4.39 Å². The Hall–Kier alpha value is -2.68. The van der Waals surface area contributed by atoms with Crippen molar-refractivity contribution >= 4 is 11.6 Å². The van der Waals surface area contributed by atoms with E-state index < -0.39 is 24.4 Å². The fourth-order valence-electron chi connectivity index (χ4n) is 4.75. The van der Waals surface area contributed by atoms with Crippen molar-refractivity contribution in [1.82, 2.24) is 0 Å². The Morgan fingerprint density at radius 1 is 1.06 bits per heavy atom. The molecule has 2 heterocycles. The number of hydrogen-bond acceptors (Lipinski definition) is 6. The Balaban J connectivity index is 1.20. The monoisotopic (exact) mass is 514 g/mol. The van der Waals surface area contributed by atoms with Gasteiger partial charge >= 0.3 is 0 Å². The van der Waals surface area contributed by atoms with Crippen molar-refractivity contribution in [3.05, 3.63) is 93.8 Å². The molecule has 6 nitrogen and oxygen atoms in total. The van der Waals surface area contributed by atoms with Crippen molar-refractivity contribution in [1.29, 1.82) is 0 Å². The van der Waals surface area contributed by atoms with Gasteiger partial charge in [-0.1, -0.05) is 41.9 Å². The molecule has 3 N–H and O–H groups in total. The van der Waals surface area contributed by atoms with Crippen LogP contribution < -0.4 is 9.47 Å². The van der Waals surface area contributed by atoms with E-state index in [1.54, 1.807) is 18.2 Å². The fraction of sp³-hybridized carbons (Fsp3) is 0.357. The molecule has 8 heteroatoms. The van der Waals surface area contributed by atoms with Crippen molar-refractivity contribution < 1.29 is 33.9 Å². The molecule has 0 aromatic heterocycles. The maximum Gasteiger partial charge on any atom is 0.137 e. The first-order valence-electron chi connectivity index (χ1n) is 12.0. The zero-order valence-corrected chi connectivity index (χ0v) is 20.3. The molecule has 5 rings (SSSR count). The molecule has 1 fully saturated rings. The van der Waals surface area contributed by atoms with Crippen molar-refractivity contribution in [2.75, 3.05) is 13.2 Å². The Morgan fingerprint density at radius 3 is 2.61 bits per heavy atom. The van der Waals surface area contributed by atoms with Crippen molar-refractivity contribution in [3.63, 3.8) is 0 Å². The number of fused-ring (bicyclic) bond motifs is 1. The van der Waals surface area contributed by atoms with Gasteiger partial charge in [-0.2, -0.15) is 0 Å². The van der Waals surface area contributed by atoms with Crippen LogP contribution in [0.5, 0.6) is 11.5 Å². The lowest BCUT2D eigenvalue weighted by atomic mass is 9.92. The van der Waals surface area contributed by atoms with Gasteiger partial charge in [0.25, 0.3) is 0 Å². The molecule has 1 saturated heterocycles. The van der Waals surface area contributed by atoms with Crippen LogP contribution in [-0.2, 0) is 17.6 Å². The average molecular weight is 515 g/mol. The summed E-state index contributed by atoms with van der Waals surface area (Å²) < 4.78 is 31.4. The highest BCUT2D eigenvalue weighted by molar-refractivity contribution is 6.31. The van der Waals surface area contributed by atoms with Crippen LogP contribution in [-0.4, -0.2) is 52.9 Å². The summed E-state index contributed by atoms with van der Waals surface area (Å²) in [6, 6.07) is 18.1.